The van der Waals surface area contributed by atoms with Crippen LogP contribution in [0, 0.1) is 0 Å². The normalized spacial score (nSPS) is 11.4. The number of fused-ring (bicyclic) bond motifs is 1. The molecule has 0 unspecified atom stereocenters. The predicted molar refractivity (Wildman–Crippen MR) is 94.6 cm³/mol. The van der Waals surface area contributed by atoms with Gasteiger partial charge in [-0.25, -0.2) is 14.6 Å². The van der Waals surface area contributed by atoms with Crippen LogP contribution in [0.15, 0.2) is 22.8 Å². The van der Waals surface area contributed by atoms with Crippen molar-refractivity contribution in [1.29, 1.82) is 0 Å². The highest BCUT2D eigenvalue weighted by Gasteiger charge is 2.21. The lowest BCUT2D eigenvalue weighted by Crippen LogP contribution is -2.39. The van der Waals surface area contributed by atoms with Crippen molar-refractivity contribution in [3.8, 4) is 11.3 Å². The van der Waals surface area contributed by atoms with E-state index in [1.165, 1.54) is 0 Å². The Morgan fingerprint density at radius 1 is 1.12 bits per heavy atom. The van der Waals surface area contributed by atoms with Gasteiger partial charge >= 0.3 is 0 Å². The number of rotatable bonds is 4. The Bertz CT molecular complexity index is 865. The lowest BCUT2D eigenvalue weighted by Gasteiger charge is -2.25. The van der Waals surface area contributed by atoms with E-state index in [-0.39, 0.29) is 11.7 Å². The Balaban J connectivity index is 0.00000208. The highest BCUT2D eigenvalue weighted by atomic mass is 35.5. The van der Waals surface area contributed by atoms with Crippen molar-refractivity contribution in [3.63, 3.8) is 0 Å². The van der Waals surface area contributed by atoms with Gasteiger partial charge in [-0.15, -0.1) is 0 Å². The molecule has 0 aliphatic heterocycles. The van der Waals surface area contributed by atoms with Crippen LogP contribution in [0.25, 0.3) is 22.6 Å². The van der Waals surface area contributed by atoms with Crippen LogP contribution in [0.3, 0.4) is 0 Å². The van der Waals surface area contributed by atoms with Gasteiger partial charge in [-0.2, -0.15) is 0 Å². The van der Waals surface area contributed by atoms with Gasteiger partial charge in [0, 0.05) is 17.6 Å². The molecule has 0 saturated heterocycles. The number of nitrogens with two attached hydrogens (primary N) is 1. The van der Waals surface area contributed by atoms with E-state index in [9.17, 15) is 0 Å². The maximum absolute atomic E-state index is 6.11. The molecule has 24 heavy (non-hydrogen) atoms. The smallest absolute Gasteiger partial charge is 0.245 e. The summed E-state index contributed by atoms with van der Waals surface area (Å²) < 4.78 is 4.69. The summed E-state index contributed by atoms with van der Waals surface area (Å²) in [6, 6.07) is 5.22. The summed E-state index contributed by atoms with van der Waals surface area (Å²) in [5, 5.41) is 11.6. The number of hydrogen-bond acceptors (Lipinski definition) is 8. The Hall–Kier alpha value is -2.00. The fourth-order valence-corrected chi connectivity index (χ4v) is 2.24. The first kappa shape index (κ1) is 18.3. The molecule has 3 aromatic rings. The molecule has 0 fully saturated rings. The van der Waals surface area contributed by atoms with Crippen LogP contribution in [-0.2, 0) is 0 Å². The van der Waals surface area contributed by atoms with Crippen LogP contribution in [0.5, 0.6) is 0 Å². The fourth-order valence-electron chi connectivity index (χ4n) is 1.94. The third-order valence-electron chi connectivity index (χ3n) is 3.27. The van der Waals surface area contributed by atoms with E-state index < -0.39 is 0 Å². The largest absolute Gasteiger partial charge is 0.362 e. The second-order valence-electron chi connectivity index (χ2n) is 5.67. The Labute approximate surface area is 148 Å². The van der Waals surface area contributed by atoms with E-state index in [4.69, 9.17) is 28.9 Å². The summed E-state index contributed by atoms with van der Waals surface area (Å²) in [4.78, 5) is 8.88. The molecule has 6 N–H and O–H groups in total. The summed E-state index contributed by atoms with van der Waals surface area (Å²) in [7, 11) is 0. The summed E-state index contributed by atoms with van der Waals surface area (Å²) >= 11 is 12.1. The predicted octanol–water partition coefficient (Wildman–Crippen LogP) is 3.30. The third kappa shape index (κ3) is 3.57. The maximum atomic E-state index is 6.11. The highest BCUT2D eigenvalue weighted by molar-refractivity contribution is 6.42. The van der Waals surface area contributed by atoms with E-state index >= 15 is 0 Å². The number of halogens is 2. The van der Waals surface area contributed by atoms with Gasteiger partial charge in [0.25, 0.3) is 0 Å². The van der Waals surface area contributed by atoms with Crippen molar-refractivity contribution in [1.82, 2.24) is 26.4 Å². The SMILES string of the molecule is CC(C)(CN)Nc1nc2nonc2nc1-c1ccc(Cl)c(Cl)c1.N. The van der Waals surface area contributed by atoms with Crippen molar-refractivity contribution in [2.45, 2.75) is 19.4 Å². The van der Waals surface area contributed by atoms with Crippen molar-refractivity contribution in [2.75, 3.05) is 11.9 Å². The molecule has 8 nitrogen and oxygen atoms in total. The topological polar surface area (TPSA) is 138 Å². The lowest BCUT2D eigenvalue weighted by molar-refractivity contribution is 0.314. The minimum absolute atomic E-state index is 0. The van der Waals surface area contributed by atoms with Gasteiger partial charge in [-0.1, -0.05) is 29.3 Å². The molecule has 0 aliphatic rings. The van der Waals surface area contributed by atoms with Crippen LogP contribution in [0.2, 0.25) is 10.0 Å². The van der Waals surface area contributed by atoms with Crippen molar-refractivity contribution in [2.24, 2.45) is 5.73 Å². The summed E-state index contributed by atoms with van der Waals surface area (Å²) in [5.41, 5.74) is 7.32. The summed E-state index contributed by atoms with van der Waals surface area (Å²) in [5.74, 6) is 0.516. The molecule has 128 valence electrons. The second-order valence-corrected chi connectivity index (χ2v) is 6.49. The van der Waals surface area contributed by atoms with Gasteiger partial charge in [0.15, 0.2) is 5.82 Å². The Morgan fingerprint density at radius 3 is 2.42 bits per heavy atom. The zero-order valence-corrected chi connectivity index (χ0v) is 14.7. The molecule has 0 saturated carbocycles. The van der Waals surface area contributed by atoms with Gasteiger partial charge in [-0.05, 0) is 36.3 Å². The first-order valence-corrected chi connectivity index (χ1v) is 7.59. The fraction of sp³-hybridized carbons (Fsp3) is 0.286. The monoisotopic (exact) mass is 369 g/mol. The lowest BCUT2D eigenvalue weighted by atomic mass is 10.1. The van der Waals surface area contributed by atoms with Crippen LogP contribution in [-0.4, -0.2) is 32.4 Å². The summed E-state index contributed by atoms with van der Waals surface area (Å²) in [6.07, 6.45) is 0. The second kappa shape index (κ2) is 6.86. The quantitative estimate of drug-likeness (QED) is 0.636. The van der Waals surface area contributed by atoms with Crippen molar-refractivity contribution < 1.29 is 4.63 Å². The van der Waals surface area contributed by atoms with Crippen molar-refractivity contribution in [3.05, 3.63) is 28.2 Å². The molecule has 0 amide bonds. The molecule has 10 heteroatoms. The first-order valence-electron chi connectivity index (χ1n) is 6.83. The number of aromatic nitrogens is 4. The Morgan fingerprint density at radius 2 is 1.79 bits per heavy atom. The minimum atomic E-state index is -0.384. The number of anilines is 1. The van der Waals surface area contributed by atoms with Crippen molar-refractivity contribution >= 4 is 40.3 Å². The van der Waals surface area contributed by atoms with E-state index in [1.54, 1.807) is 18.2 Å². The molecule has 0 atom stereocenters. The van der Waals surface area contributed by atoms with E-state index in [0.717, 1.165) is 5.56 Å². The molecule has 1 aromatic carbocycles. The molecular formula is C14H17Cl2N7O. The van der Waals surface area contributed by atoms with Gasteiger partial charge in [0.05, 0.1) is 10.0 Å². The van der Waals surface area contributed by atoms with Gasteiger partial charge in [0.1, 0.15) is 5.69 Å². The van der Waals surface area contributed by atoms with Gasteiger partial charge in [0.2, 0.25) is 11.3 Å². The standard InChI is InChI=1S/C14H14Cl2N6O.H3N/c1-14(2,6-17)20-11-10(7-3-4-8(15)9(16)5-7)18-12-13(19-11)22-23-21-12;/h3-5H,6,17H2,1-2H3,(H,19,20,22);1H3. The first-order chi connectivity index (χ1) is 10.9. The molecule has 0 bridgehead atoms. The molecule has 0 aliphatic carbocycles. The average Bonchev–Trinajstić information content (AvgIpc) is 2.96. The van der Waals surface area contributed by atoms with Crippen LogP contribution in [0.1, 0.15) is 13.8 Å². The zero-order valence-electron chi connectivity index (χ0n) is 13.2. The summed E-state index contributed by atoms with van der Waals surface area (Å²) in [6.45, 7) is 4.32. The van der Waals surface area contributed by atoms with Crippen LogP contribution < -0.4 is 17.2 Å². The molecule has 2 heterocycles. The molecule has 2 aromatic heterocycles. The number of nitrogens with zero attached hydrogens (tertiary/aromatic N) is 4. The highest BCUT2D eigenvalue weighted by Crippen LogP contribution is 2.32. The number of nitrogens with one attached hydrogen (secondary N) is 1. The molecular weight excluding hydrogens is 353 g/mol. The third-order valence-corrected chi connectivity index (χ3v) is 4.01. The van der Waals surface area contributed by atoms with E-state index in [0.29, 0.717) is 39.4 Å². The molecule has 0 spiro atoms. The average molecular weight is 370 g/mol. The maximum Gasteiger partial charge on any atom is 0.245 e. The number of benzene rings is 1. The Kier molecular flexibility index (Phi) is 5.24. The van der Waals surface area contributed by atoms with Gasteiger partial charge < -0.3 is 17.2 Å². The number of hydrogen-bond donors (Lipinski definition) is 3. The van der Waals surface area contributed by atoms with Crippen LogP contribution in [0.4, 0.5) is 5.82 Å². The zero-order chi connectivity index (χ0) is 16.6. The van der Waals surface area contributed by atoms with Crippen LogP contribution >= 0.6 is 23.2 Å². The molecule has 0 radical (unpaired) electrons. The van der Waals surface area contributed by atoms with E-state index in [2.05, 4.69) is 30.2 Å². The minimum Gasteiger partial charge on any atom is -0.362 e. The molecule has 3 rings (SSSR count). The van der Waals surface area contributed by atoms with Gasteiger partial charge in [-0.3, -0.25) is 0 Å². The van der Waals surface area contributed by atoms with E-state index in [1.807, 2.05) is 13.8 Å².